The third-order valence-electron chi connectivity index (χ3n) is 3.16. The molecule has 0 saturated carbocycles. The van der Waals surface area contributed by atoms with E-state index < -0.39 is 5.97 Å². The Hall–Kier alpha value is -1.27. The lowest BCUT2D eigenvalue weighted by Crippen LogP contribution is -2.16. The van der Waals surface area contributed by atoms with E-state index in [1.54, 1.807) is 20.3 Å². The Morgan fingerprint density at radius 3 is 2.55 bits per heavy atom. The molecule has 6 heteroatoms. The van der Waals surface area contributed by atoms with Crippen LogP contribution in [0, 0.1) is 0 Å². The number of ether oxygens (including phenoxy) is 2. The summed E-state index contributed by atoms with van der Waals surface area (Å²) in [6, 6.07) is 1.43. The summed E-state index contributed by atoms with van der Waals surface area (Å²) in [5, 5.41) is 8.78. The molecule has 0 aliphatic heterocycles. The molecule has 0 aromatic heterocycles. The van der Waals surface area contributed by atoms with E-state index in [0.717, 1.165) is 22.0 Å². The van der Waals surface area contributed by atoms with Crippen LogP contribution in [0.4, 0.5) is 0 Å². The van der Waals surface area contributed by atoms with E-state index in [0.29, 0.717) is 17.9 Å². The molecule has 1 aromatic carbocycles. The molecule has 0 spiro atoms. The molecule has 0 radical (unpaired) electrons. The molecule has 1 unspecified atom stereocenters. The molecule has 0 aliphatic carbocycles. The minimum atomic E-state index is -0.852. The summed E-state index contributed by atoms with van der Waals surface area (Å²) in [6.07, 6.45) is 1.12. The first kappa shape index (κ1) is 16.8. The van der Waals surface area contributed by atoms with E-state index in [2.05, 4.69) is 15.9 Å². The van der Waals surface area contributed by atoms with Gasteiger partial charge >= 0.3 is 5.97 Å². The number of halogens is 1. The van der Waals surface area contributed by atoms with E-state index in [9.17, 15) is 4.79 Å². The fourth-order valence-corrected chi connectivity index (χ4v) is 2.97. The van der Waals surface area contributed by atoms with Crippen LogP contribution in [0.25, 0.3) is 0 Å². The highest BCUT2D eigenvalue weighted by Gasteiger charge is 2.22. The second-order valence-corrected chi connectivity index (χ2v) is 5.23. The topological polar surface area (TPSA) is 81.8 Å². The van der Waals surface area contributed by atoms with E-state index in [1.165, 1.54) is 0 Å². The van der Waals surface area contributed by atoms with Gasteiger partial charge in [0.15, 0.2) is 11.5 Å². The second kappa shape index (κ2) is 7.50. The number of hydrogen-bond acceptors (Lipinski definition) is 4. The number of nitrogens with two attached hydrogens (primary N) is 1. The van der Waals surface area contributed by atoms with Crippen LogP contribution in [0.15, 0.2) is 10.5 Å². The van der Waals surface area contributed by atoms with Gasteiger partial charge in [0, 0.05) is 22.5 Å². The lowest BCUT2D eigenvalue weighted by molar-refractivity contribution is -0.137. The van der Waals surface area contributed by atoms with Gasteiger partial charge < -0.3 is 20.3 Å². The van der Waals surface area contributed by atoms with E-state index >= 15 is 0 Å². The van der Waals surface area contributed by atoms with Crippen molar-refractivity contribution in [2.75, 3.05) is 14.2 Å². The quantitative estimate of drug-likeness (QED) is 0.793. The molecule has 1 atom stereocenters. The molecule has 20 heavy (non-hydrogen) atoms. The van der Waals surface area contributed by atoms with Crippen LogP contribution in [0.3, 0.4) is 0 Å². The first-order valence-corrected chi connectivity index (χ1v) is 7.16. The summed E-state index contributed by atoms with van der Waals surface area (Å²) < 4.78 is 11.5. The Morgan fingerprint density at radius 2 is 2.10 bits per heavy atom. The van der Waals surface area contributed by atoms with Crippen molar-refractivity contribution in [2.24, 2.45) is 5.73 Å². The Balaban J connectivity index is 3.27. The van der Waals surface area contributed by atoms with Gasteiger partial charge in [-0.2, -0.15) is 0 Å². The van der Waals surface area contributed by atoms with Gasteiger partial charge in [0.1, 0.15) is 0 Å². The van der Waals surface area contributed by atoms with Crippen LogP contribution >= 0.6 is 15.9 Å². The fourth-order valence-electron chi connectivity index (χ4n) is 2.22. The van der Waals surface area contributed by atoms with E-state index in [4.69, 9.17) is 20.3 Å². The average molecular weight is 346 g/mol. The van der Waals surface area contributed by atoms with Gasteiger partial charge in [0.05, 0.1) is 14.2 Å². The highest BCUT2D eigenvalue weighted by Crippen LogP contribution is 2.41. The van der Waals surface area contributed by atoms with Gasteiger partial charge in [0.25, 0.3) is 0 Å². The Bertz CT molecular complexity index is 491. The zero-order chi connectivity index (χ0) is 15.3. The van der Waals surface area contributed by atoms with Crippen molar-refractivity contribution in [2.45, 2.75) is 32.2 Å². The predicted molar refractivity (Wildman–Crippen MR) is 80.4 cm³/mol. The molecule has 5 nitrogen and oxygen atoms in total. The number of carboxylic acid groups (broad SMARTS) is 1. The predicted octanol–water partition coefficient (Wildman–Crippen LogP) is 2.89. The number of carboxylic acids is 1. The number of methoxy groups -OCH3 is 2. The van der Waals surface area contributed by atoms with Crippen LogP contribution in [-0.4, -0.2) is 25.3 Å². The molecule has 0 heterocycles. The first-order chi connectivity index (χ1) is 9.46. The van der Waals surface area contributed by atoms with Crippen molar-refractivity contribution in [3.8, 4) is 11.5 Å². The maximum Gasteiger partial charge on any atom is 0.303 e. The standard InChI is InChI=1S/C14H20BrNO4/c1-4-8-13(10(16)5-6-12(17)18)9(15)7-11(19-2)14(8)20-3/h7,10H,4-6,16H2,1-3H3,(H,17,18). The van der Waals surface area contributed by atoms with Crippen molar-refractivity contribution in [3.63, 3.8) is 0 Å². The summed E-state index contributed by atoms with van der Waals surface area (Å²) in [4.78, 5) is 10.7. The van der Waals surface area contributed by atoms with Crippen LogP contribution in [0.5, 0.6) is 11.5 Å². The van der Waals surface area contributed by atoms with Crippen LogP contribution < -0.4 is 15.2 Å². The van der Waals surface area contributed by atoms with Crippen molar-refractivity contribution in [1.29, 1.82) is 0 Å². The molecular formula is C14H20BrNO4. The second-order valence-electron chi connectivity index (χ2n) is 4.38. The van der Waals surface area contributed by atoms with E-state index in [1.807, 2.05) is 6.92 Å². The minimum Gasteiger partial charge on any atom is -0.493 e. The molecular weight excluding hydrogens is 326 g/mol. The van der Waals surface area contributed by atoms with Gasteiger partial charge in [-0.15, -0.1) is 0 Å². The fraction of sp³-hybridized carbons (Fsp3) is 0.500. The van der Waals surface area contributed by atoms with Gasteiger partial charge in [0.2, 0.25) is 0 Å². The lowest BCUT2D eigenvalue weighted by Gasteiger charge is -2.21. The zero-order valence-electron chi connectivity index (χ0n) is 11.9. The minimum absolute atomic E-state index is 0.0328. The van der Waals surface area contributed by atoms with Gasteiger partial charge in [-0.25, -0.2) is 0 Å². The van der Waals surface area contributed by atoms with Crippen LogP contribution in [-0.2, 0) is 11.2 Å². The number of aliphatic carboxylic acids is 1. The molecule has 0 saturated heterocycles. The summed E-state index contributed by atoms with van der Waals surface area (Å²) in [6.45, 7) is 2.00. The summed E-state index contributed by atoms with van der Waals surface area (Å²) >= 11 is 3.49. The molecule has 0 aliphatic rings. The van der Waals surface area contributed by atoms with Crippen LogP contribution in [0.2, 0.25) is 0 Å². The SMILES string of the molecule is CCc1c(OC)c(OC)cc(Br)c1C(N)CCC(=O)O. The number of rotatable bonds is 7. The normalized spacial score (nSPS) is 12.1. The molecule has 112 valence electrons. The Labute approximate surface area is 127 Å². The third kappa shape index (κ3) is 3.64. The number of carbonyl (C=O) groups is 1. The largest absolute Gasteiger partial charge is 0.493 e. The summed E-state index contributed by atoms with van der Waals surface area (Å²) in [5.41, 5.74) is 7.97. The molecule has 1 rings (SSSR count). The first-order valence-electron chi connectivity index (χ1n) is 6.36. The number of benzene rings is 1. The molecule has 0 fully saturated rings. The van der Waals surface area contributed by atoms with Crippen LogP contribution in [0.1, 0.15) is 36.9 Å². The zero-order valence-corrected chi connectivity index (χ0v) is 13.5. The van der Waals surface area contributed by atoms with Gasteiger partial charge in [-0.3, -0.25) is 4.79 Å². The van der Waals surface area contributed by atoms with Crippen molar-refractivity contribution < 1.29 is 19.4 Å². The molecule has 1 aromatic rings. The highest BCUT2D eigenvalue weighted by atomic mass is 79.9. The molecule has 0 amide bonds. The molecule has 0 bridgehead atoms. The van der Waals surface area contributed by atoms with Crippen molar-refractivity contribution in [1.82, 2.24) is 0 Å². The van der Waals surface area contributed by atoms with Crippen molar-refractivity contribution >= 4 is 21.9 Å². The monoisotopic (exact) mass is 345 g/mol. The van der Waals surface area contributed by atoms with Gasteiger partial charge in [-0.1, -0.05) is 22.9 Å². The molecule has 3 N–H and O–H groups in total. The van der Waals surface area contributed by atoms with Crippen molar-refractivity contribution in [3.05, 3.63) is 21.7 Å². The number of hydrogen-bond donors (Lipinski definition) is 2. The lowest BCUT2D eigenvalue weighted by atomic mass is 9.94. The highest BCUT2D eigenvalue weighted by molar-refractivity contribution is 9.10. The maximum atomic E-state index is 10.7. The summed E-state index contributed by atoms with van der Waals surface area (Å²) in [7, 11) is 3.16. The average Bonchev–Trinajstić information content (AvgIpc) is 2.42. The third-order valence-corrected chi connectivity index (χ3v) is 3.81. The smallest absolute Gasteiger partial charge is 0.303 e. The maximum absolute atomic E-state index is 10.7. The summed E-state index contributed by atoms with van der Waals surface area (Å²) in [5.74, 6) is 0.430. The van der Waals surface area contributed by atoms with E-state index in [-0.39, 0.29) is 12.5 Å². The van der Waals surface area contributed by atoms with Gasteiger partial charge in [-0.05, 0) is 24.5 Å². The Kier molecular flexibility index (Phi) is 6.29. The Morgan fingerprint density at radius 1 is 1.45 bits per heavy atom.